The monoisotopic (exact) mass is 416 g/mol. The molecule has 0 saturated heterocycles. The first kappa shape index (κ1) is 20.4. The second kappa shape index (κ2) is 8.20. The molecule has 1 heterocycles. The van der Waals surface area contributed by atoms with Gasteiger partial charge in [0, 0.05) is 10.8 Å². The molecule has 3 aromatic rings. The second-order valence-corrected chi connectivity index (χ2v) is 9.25. The van der Waals surface area contributed by atoms with Crippen molar-refractivity contribution in [1.29, 1.82) is 0 Å². The first-order valence-corrected chi connectivity index (χ1v) is 11.3. The van der Waals surface area contributed by atoms with Crippen molar-refractivity contribution in [2.45, 2.75) is 37.5 Å². The molecule has 0 N–H and O–H groups in total. The topological polar surface area (TPSA) is 25.8 Å². The van der Waals surface area contributed by atoms with Gasteiger partial charge in [-0.1, -0.05) is 111 Å². The Bertz CT molecular complexity index is 1140. The maximum Gasteiger partial charge on any atom is 0.116 e. The Hall–Kier alpha value is -3.52. The van der Waals surface area contributed by atoms with Gasteiger partial charge in [-0.3, -0.25) is 0 Å². The molecule has 0 fully saturated rings. The molecular weight excluding hydrogens is 388 g/mol. The molecule has 2 aliphatic rings. The summed E-state index contributed by atoms with van der Waals surface area (Å²) in [6, 6.07) is 23.3. The number of hydrogen-bond acceptors (Lipinski definition) is 2. The molecule has 0 saturated carbocycles. The van der Waals surface area contributed by atoms with Crippen LogP contribution in [0.5, 0.6) is 0 Å². The van der Waals surface area contributed by atoms with E-state index in [4.69, 9.17) is 0 Å². The lowest BCUT2D eigenvalue weighted by Crippen LogP contribution is -2.26. The van der Waals surface area contributed by atoms with Crippen molar-refractivity contribution in [3.8, 4) is 0 Å². The summed E-state index contributed by atoms with van der Waals surface area (Å²) in [7, 11) is 0. The maximum atomic E-state index is 4.69. The van der Waals surface area contributed by atoms with E-state index >= 15 is 0 Å². The summed E-state index contributed by atoms with van der Waals surface area (Å²) in [5, 5.41) is 0. The highest BCUT2D eigenvalue weighted by Crippen LogP contribution is 2.39. The van der Waals surface area contributed by atoms with E-state index in [2.05, 4.69) is 127 Å². The molecule has 0 aliphatic heterocycles. The lowest BCUT2D eigenvalue weighted by Gasteiger charge is -2.31. The molecule has 2 aliphatic carbocycles. The molecule has 0 radical (unpaired) electrons. The van der Waals surface area contributed by atoms with Gasteiger partial charge in [-0.2, -0.15) is 0 Å². The minimum Gasteiger partial charge on any atom is -0.240 e. The van der Waals surface area contributed by atoms with Crippen molar-refractivity contribution in [2.75, 3.05) is 0 Å². The molecule has 2 atom stereocenters. The molecule has 0 bridgehead atoms. The fourth-order valence-electron chi connectivity index (χ4n) is 4.51. The normalized spacial score (nSPS) is 24.7. The molecule has 2 nitrogen and oxygen atoms in total. The van der Waals surface area contributed by atoms with Gasteiger partial charge < -0.3 is 0 Å². The van der Waals surface area contributed by atoms with E-state index in [9.17, 15) is 0 Å². The van der Waals surface area contributed by atoms with Gasteiger partial charge >= 0.3 is 0 Å². The Morgan fingerprint density at radius 1 is 0.625 bits per heavy atom. The SMILES string of the molecule is CC1(c2cc(C3(C)C=CC(c4ccccc4)=CC3)ncn2)C=CC(c2ccccc2)=CC1. The smallest absolute Gasteiger partial charge is 0.116 e. The van der Waals surface area contributed by atoms with Crippen LogP contribution in [0.15, 0.2) is 110 Å². The zero-order valence-electron chi connectivity index (χ0n) is 18.7. The van der Waals surface area contributed by atoms with Crippen molar-refractivity contribution in [2.24, 2.45) is 0 Å². The van der Waals surface area contributed by atoms with Gasteiger partial charge in [0.15, 0.2) is 0 Å². The third-order valence-electron chi connectivity index (χ3n) is 6.81. The average Bonchev–Trinajstić information content (AvgIpc) is 2.86. The van der Waals surface area contributed by atoms with Crippen molar-refractivity contribution >= 4 is 11.1 Å². The second-order valence-electron chi connectivity index (χ2n) is 9.25. The highest BCUT2D eigenvalue weighted by atomic mass is 14.9. The largest absolute Gasteiger partial charge is 0.240 e. The average molecular weight is 417 g/mol. The summed E-state index contributed by atoms with van der Waals surface area (Å²) in [6.45, 7) is 4.53. The number of hydrogen-bond donors (Lipinski definition) is 0. The summed E-state index contributed by atoms with van der Waals surface area (Å²) in [4.78, 5) is 9.38. The van der Waals surface area contributed by atoms with Crippen LogP contribution in [0.25, 0.3) is 11.1 Å². The van der Waals surface area contributed by atoms with Crippen molar-refractivity contribution in [3.05, 3.63) is 132 Å². The minimum atomic E-state index is -0.129. The zero-order valence-corrected chi connectivity index (χ0v) is 18.7. The number of aromatic nitrogens is 2. The molecule has 2 aromatic carbocycles. The van der Waals surface area contributed by atoms with Crippen LogP contribution in [0.4, 0.5) is 0 Å². The van der Waals surface area contributed by atoms with E-state index in [1.807, 2.05) is 0 Å². The summed E-state index contributed by atoms with van der Waals surface area (Å²) < 4.78 is 0. The van der Waals surface area contributed by atoms with E-state index in [-0.39, 0.29) is 10.8 Å². The number of rotatable bonds is 4. The van der Waals surface area contributed by atoms with Crippen LogP contribution in [0.3, 0.4) is 0 Å². The maximum absolute atomic E-state index is 4.69. The highest BCUT2D eigenvalue weighted by Gasteiger charge is 2.31. The number of nitrogens with zero attached hydrogens (tertiary/aromatic N) is 2. The molecule has 0 spiro atoms. The Labute approximate surface area is 190 Å². The summed E-state index contributed by atoms with van der Waals surface area (Å²) in [6.07, 6.45) is 17.3. The molecule has 32 heavy (non-hydrogen) atoms. The van der Waals surface area contributed by atoms with E-state index < -0.39 is 0 Å². The Morgan fingerprint density at radius 2 is 1.06 bits per heavy atom. The summed E-state index contributed by atoms with van der Waals surface area (Å²) >= 11 is 0. The van der Waals surface area contributed by atoms with Crippen LogP contribution in [-0.2, 0) is 10.8 Å². The van der Waals surface area contributed by atoms with E-state index in [0.717, 1.165) is 24.2 Å². The molecule has 0 amide bonds. The van der Waals surface area contributed by atoms with Gasteiger partial charge in [0.05, 0.1) is 11.4 Å². The highest BCUT2D eigenvalue weighted by molar-refractivity contribution is 5.76. The van der Waals surface area contributed by atoms with Crippen LogP contribution in [-0.4, -0.2) is 9.97 Å². The quantitative estimate of drug-likeness (QED) is 0.454. The first-order valence-electron chi connectivity index (χ1n) is 11.3. The van der Waals surface area contributed by atoms with Gasteiger partial charge in [0.2, 0.25) is 0 Å². The molecule has 1 aromatic heterocycles. The third kappa shape index (κ3) is 3.89. The Kier molecular flexibility index (Phi) is 5.22. The lowest BCUT2D eigenvalue weighted by atomic mass is 9.75. The van der Waals surface area contributed by atoms with Crippen LogP contribution in [0, 0.1) is 0 Å². The first-order chi connectivity index (χ1) is 15.6. The lowest BCUT2D eigenvalue weighted by molar-refractivity contribution is 0.549. The summed E-state index contributed by atoms with van der Waals surface area (Å²) in [5.74, 6) is 0. The van der Waals surface area contributed by atoms with Gasteiger partial charge in [-0.25, -0.2) is 9.97 Å². The molecule has 2 heteroatoms. The molecule has 2 unspecified atom stereocenters. The van der Waals surface area contributed by atoms with Crippen LogP contribution in [0.2, 0.25) is 0 Å². The fourth-order valence-corrected chi connectivity index (χ4v) is 4.51. The van der Waals surface area contributed by atoms with Crippen LogP contribution >= 0.6 is 0 Å². The van der Waals surface area contributed by atoms with Crippen LogP contribution < -0.4 is 0 Å². The predicted molar refractivity (Wildman–Crippen MR) is 133 cm³/mol. The van der Waals surface area contributed by atoms with Gasteiger partial charge in [-0.15, -0.1) is 0 Å². The van der Waals surface area contributed by atoms with Crippen molar-refractivity contribution in [1.82, 2.24) is 9.97 Å². The molecule has 158 valence electrons. The van der Waals surface area contributed by atoms with Gasteiger partial charge in [0.25, 0.3) is 0 Å². The number of allylic oxidation sites excluding steroid dienone is 8. The van der Waals surface area contributed by atoms with E-state index in [0.29, 0.717) is 0 Å². The summed E-state index contributed by atoms with van der Waals surface area (Å²) in [5.41, 5.74) is 6.97. The van der Waals surface area contributed by atoms with Crippen molar-refractivity contribution in [3.63, 3.8) is 0 Å². The van der Waals surface area contributed by atoms with Gasteiger partial charge in [0.1, 0.15) is 6.33 Å². The fraction of sp³-hybridized carbons (Fsp3) is 0.200. The third-order valence-corrected chi connectivity index (χ3v) is 6.81. The van der Waals surface area contributed by atoms with E-state index in [1.165, 1.54) is 22.3 Å². The predicted octanol–water partition coefficient (Wildman–Crippen LogP) is 7.08. The standard InChI is InChI=1S/C30H28N2/c1-29(17-13-25(14-18-29)23-9-5-3-6-10-23)27-21-28(32-22-31-27)30(2)19-15-26(16-20-30)24-11-7-4-8-12-24/h3-17,19,21-22H,18,20H2,1-2H3. The Balaban J connectivity index is 1.38. The zero-order chi connectivity index (χ0) is 22.0. The van der Waals surface area contributed by atoms with Crippen LogP contribution in [0.1, 0.15) is 49.2 Å². The molecule has 5 rings (SSSR count). The Morgan fingerprint density at radius 3 is 1.44 bits per heavy atom. The minimum absolute atomic E-state index is 0.129. The van der Waals surface area contributed by atoms with E-state index in [1.54, 1.807) is 6.33 Å². The van der Waals surface area contributed by atoms with Gasteiger partial charge in [-0.05, 0) is 41.2 Å². The molecular formula is C30H28N2. The van der Waals surface area contributed by atoms with Crippen molar-refractivity contribution < 1.29 is 0 Å². The number of benzene rings is 2.